The fourth-order valence-corrected chi connectivity index (χ4v) is 4.98. The maximum absolute atomic E-state index is 12.2. The molecule has 3 N–H and O–H groups in total. The van der Waals surface area contributed by atoms with Crippen LogP contribution in [0.25, 0.3) is 0 Å². The molecule has 1 saturated heterocycles. The summed E-state index contributed by atoms with van der Waals surface area (Å²) in [7, 11) is -3.52. The minimum atomic E-state index is -3.52. The van der Waals surface area contributed by atoms with Gasteiger partial charge in [-0.2, -0.15) is 11.8 Å². The topological polar surface area (TPSA) is 72.2 Å². The number of benzene rings is 1. The van der Waals surface area contributed by atoms with Gasteiger partial charge in [-0.15, -0.1) is 0 Å². The lowest BCUT2D eigenvalue weighted by atomic mass is 10.0. The van der Waals surface area contributed by atoms with Gasteiger partial charge in [-0.25, -0.2) is 13.1 Å². The van der Waals surface area contributed by atoms with Crippen molar-refractivity contribution in [2.24, 2.45) is 5.92 Å². The molecule has 0 unspecified atom stereocenters. The number of nitrogens with one attached hydrogen (secondary N) is 1. The second kappa shape index (κ2) is 6.47. The van der Waals surface area contributed by atoms with E-state index in [-0.39, 0.29) is 10.6 Å². The van der Waals surface area contributed by atoms with Crippen LogP contribution in [-0.2, 0) is 10.0 Å². The zero-order chi connectivity index (χ0) is 13.9. The Labute approximate surface area is 126 Å². The summed E-state index contributed by atoms with van der Waals surface area (Å²) in [5.41, 5.74) is 6.01. The summed E-state index contributed by atoms with van der Waals surface area (Å²) < 4.78 is 27.8. The Morgan fingerprint density at radius 1 is 1.37 bits per heavy atom. The first-order valence-corrected chi connectivity index (χ1v) is 9.54. The van der Waals surface area contributed by atoms with Gasteiger partial charge in [0.25, 0.3) is 0 Å². The minimum absolute atomic E-state index is 0.145. The van der Waals surface area contributed by atoms with E-state index >= 15 is 0 Å². The van der Waals surface area contributed by atoms with Crippen LogP contribution in [0.3, 0.4) is 0 Å². The molecule has 2 rings (SSSR count). The predicted molar refractivity (Wildman–Crippen MR) is 83.8 cm³/mol. The number of thioether (sulfide) groups is 1. The smallest absolute Gasteiger partial charge is 0.242 e. The van der Waals surface area contributed by atoms with E-state index < -0.39 is 10.0 Å². The second-order valence-electron chi connectivity index (χ2n) is 4.59. The molecule has 19 heavy (non-hydrogen) atoms. The SMILES string of the molecule is Nc1ccc(Br)cc1S(=O)(=O)NCC1CCSCC1. The summed E-state index contributed by atoms with van der Waals surface area (Å²) in [6.07, 6.45) is 2.14. The molecule has 4 nitrogen and oxygen atoms in total. The van der Waals surface area contributed by atoms with E-state index in [9.17, 15) is 8.42 Å². The van der Waals surface area contributed by atoms with E-state index in [0.717, 1.165) is 24.3 Å². The van der Waals surface area contributed by atoms with Crippen molar-refractivity contribution < 1.29 is 8.42 Å². The van der Waals surface area contributed by atoms with Gasteiger partial charge >= 0.3 is 0 Å². The van der Waals surface area contributed by atoms with Crippen molar-refractivity contribution in [3.63, 3.8) is 0 Å². The highest BCUT2D eigenvalue weighted by Crippen LogP contribution is 2.25. The van der Waals surface area contributed by atoms with Gasteiger partial charge in [0.05, 0.1) is 5.69 Å². The monoisotopic (exact) mass is 364 g/mol. The van der Waals surface area contributed by atoms with E-state index in [4.69, 9.17) is 5.73 Å². The molecule has 1 aromatic carbocycles. The van der Waals surface area contributed by atoms with Crippen molar-refractivity contribution in [3.05, 3.63) is 22.7 Å². The lowest BCUT2D eigenvalue weighted by Gasteiger charge is -2.21. The molecule has 0 aliphatic carbocycles. The Balaban J connectivity index is 2.07. The number of hydrogen-bond acceptors (Lipinski definition) is 4. The normalized spacial score (nSPS) is 17.5. The summed E-state index contributed by atoms with van der Waals surface area (Å²) in [5.74, 6) is 2.67. The Bertz CT molecular complexity index is 543. The van der Waals surface area contributed by atoms with E-state index in [1.54, 1.807) is 12.1 Å². The van der Waals surface area contributed by atoms with Crippen molar-refractivity contribution >= 4 is 43.4 Å². The molecule has 106 valence electrons. The first-order valence-electron chi connectivity index (χ1n) is 6.11. The zero-order valence-corrected chi connectivity index (χ0v) is 13.7. The highest BCUT2D eigenvalue weighted by Gasteiger charge is 2.21. The summed E-state index contributed by atoms with van der Waals surface area (Å²) in [6.45, 7) is 0.495. The molecule has 0 atom stereocenters. The zero-order valence-electron chi connectivity index (χ0n) is 10.4. The van der Waals surface area contributed by atoms with Crippen LogP contribution in [0.4, 0.5) is 5.69 Å². The van der Waals surface area contributed by atoms with Gasteiger partial charge in [0.15, 0.2) is 0 Å². The predicted octanol–water partition coefficient (Wildman–Crippen LogP) is 2.45. The van der Waals surface area contributed by atoms with Gasteiger partial charge in [-0.05, 0) is 48.5 Å². The van der Waals surface area contributed by atoms with Crippen LogP contribution < -0.4 is 10.5 Å². The molecule has 7 heteroatoms. The molecule has 0 spiro atoms. The minimum Gasteiger partial charge on any atom is -0.398 e. The molecule has 0 bridgehead atoms. The lowest BCUT2D eigenvalue weighted by molar-refractivity contribution is 0.477. The van der Waals surface area contributed by atoms with Crippen molar-refractivity contribution in [1.82, 2.24) is 4.72 Å². The van der Waals surface area contributed by atoms with Crippen LogP contribution in [0.15, 0.2) is 27.6 Å². The van der Waals surface area contributed by atoms with Gasteiger partial charge < -0.3 is 5.73 Å². The average Bonchev–Trinajstić information content (AvgIpc) is 2.40. The van der Waals surface area contributed by atoms with Gasteiger partial charge in [-0.1, -0.05) is 15.9 Å². The molecule has 0 amide bonds. The second-order valence-corrected chi connectivity index (χ2v) is 8.47. The van der Waals surface area contributed by atoms with Gasteiger partial charge in [0, 0.05) is 11.0 Å². The molecule has 1 fully saturated rings. The van der Waals surface area contributed by atoms with Crippen LogP contribution in [-0.4, -0.2) is 26.5 Å². The van der Waals surface area contributed by atoms with Gasteiger partial charge in [0.2, 0.25) is 10.0 Å². The molecule has 1 aromatic rings. The summed E-state index contributed by atoms with van der Waals surface area (Å²) in [5, 5.41) is 0. The summed E-state index contributed by atoms with van der Waals surface area (Å²) in [6, 6.07) is 4.86. The number of hydrogen-bond donors (Lipinski definition) is 2. The number of halogens is 1. The maximum Gasteiger partial charge on any atom is 0.242 e. The van der Waals surface area contributed by atoms with E-state index in [2.05, 4.69) is 20.7 Å². The molecular weight excluding hydrogens is 348 g/mol. The molecule has 0 aromatic heterocycles. The number of nitrogen functional groups attached to an aromatic ring is 1. The number of nitrogens with two attached hydrogens (primary N) is 1. The van der Waals surface area contributed by atoms with Crippen LogP contribution in [0.1, 0.15) is 12.8 Å². The summed E-state index contributed by atoms with van der Waals surface area (Å²) >= 11 is 5.20. The van der Waals surface area contributed by atoms with Crippen molar-refractivity contribution in [2.75, 3.05) is 23.8 Å². The third-order valence-electron chi connectivity index (χ3n) is 3.17. The Kier molecular flexibility index (Phi) is 5.16. The van der Waals surface area contributed by atoms with Crippen LogP contribution in [0, 0.1) is 5.92 Å². The summed E-state index contributed by atoms with van der Waals surface area (Å²) in [4.78, 5) is 0.145. The molecule has 1 aliphatic heterocycles. The molecule has 1 aliphatic rings. The fraction of sp³-hybridized carbons (Fsp3) is 0.500. The Morgan fingerprint density at radius 3 is 2.74 bits per heavy atom. The van der Waals surface area contributed by atoms with E-state index in [1.807, 2.05) is 11.8 Å². The Hall–Kier alpha value is -0.240. The third kappa shape index (κ3) is 4.11. The number of rotatable bonds is 4. The fourth-order valence-electron chi connectivity index (χ4n) is 2.00. The van der Waals surface area contributed by atoms with E-state index in [1.165, 1.54) is 6.07 Å². The Morgan fingerprint density at radius 2 is 2.05 bits per heavy atom. The lowest BCUT2D eigenvalue weighted by Crippen LogP contribution is -2.31. The van der Waals surface area contributed by atoms with Gasteiger partial charge in [0.1, 0.15) is 4.90 Å². The molecule has 0 saturated carbocycles. The largest absolute Gasteiger partial charge is 0.398 e. The van der Waals surface area contributed by atoms with Crippen LogP contribution in [0.2, 0.25) is 0 Å². The maximum atomic E-state index is 12.2. The highest BCUT2D eigenvalue weighted by molar-refractivity contribution is 9.10. The first kappa shape index (κ1) is 15.2. The molecule has 0 radical (unpaired) electrons. The molecule has 1 heterocycles. The van der Waals surface area contributed by atoms with Crippen molar-refractivity contribution in [3.8, 4) is 0 Å². The molecular formula is C12H17BrN2O2S2. The highest BCUT2D eigenvalue weighted by atomic mass is 79.9. The first-order chi connectivity index (χ1) is 8.99. The van der Waals surface area contributed by atoms with E-state index in [0.29, 0.717) is 16.9 Å². The average molecular weight is 365 g/mol. The van der Waals surface area contributed by atoms with Crippen LogP contribution >= 0.6 is 27.7 Å². The van der Waals surface area contributed by atoms with Crippen LogP contribution in [0.5, 0.6) is 0 Å². The quantitative estimate of drug-likeness (QED) is 0.804. The standard InChI is InChI=1S/C12H17BrN2O2S2/c13-10-1-2-11(14)12(7-10)19(16,17)15-8-9-3-5-18-6-4-9/h1-2,7,9,15H,3-6,8,14H2. The third-order valence-corrected chi connectivity index (χ3v) is 6.19. The van der Waals surface area contributed by atoms with Crippen molar-refractivity contribution in [1.29, 1.82) is 0 Å². The number of anilines is 1. The van der Waals surface area contributed by atoms with Crippen molar-refractivity contribution in [2.45, 2.75) is 17.7 Å². The number of sulfonamides is 1. The van der Waals surface area contributed by atoms with Gasteiger partial charge in [-0.3, -0.25) is 0 Å².